The third-order valence-electron chi connectivity index (χ3n) is 2.11. The second kappa shape index (κ2) is 5.07. The molecule has 98 valence electrons. The zero-order valence-electron chi connectivity index (χ0n) is 9.34. The minimum Gasteiger partial charge on any atom is -0.478 e. The minimum atomic E-state index is -4.59. The van der Waals surface area contributed by atoms with E-state index in [4.69, 9.17) is 5.11 Å². The summed E-state index contributed by atoms with van der Waals surface area (Å²) < 4.78 is 35.8. The summed E-state index contributed by atoms with van der Waals surface area (Å²) in [5.41, 5.74) is 0.406. The van der Waals surface area contributed by atoms with Gasteiger partial charge in [-0.05, 0) is 24.6 Å². The van der Waals surface area contributed by atoms with E-state index in [1.54, 1.807) is 6.92 Å². The maximum Gasteiger partial charge on any atom is 0.397 e. The molecule has 0 radical (unpaired) electrons. The first-order valence-corrected chi connectivity index (χ1v) is 4.89. The van der Waals surface area contributed by atoms with Crippen LogP contribution in [0.2, 0.25) is 0 Å². The Bertz CT molecular complexity index is 483. The predicted octanol–water partition coefficient (Wildman–Crippen LogP) is 2.58. The summed E-state index contributed by atoms with van der Waals surface area (Å²) in [5.74, 6) is -2.44. The van der Waals surface area contributed by atoms with E-state index < -0.39 is 24.5 Å². The van der Waals surface area contributed by atoms with Crippen LogP contribution >= 0.6 is 0 Å². The topological polar surface area (TPSA) is 66.4 Å². The number of carbonyl (C=O) groups excluding carboxylic acids is 1. The van der Waals surface area contributed by atoms with Gasteiger partial charge >= 0.3 is 12.1 Å². The van der Waals surface area contributed by atoms with Gasteiger partial charge in [-0.25, -0.2) is 4.79 Å². The number of carboxylic acid groups (broad SMARTS) is 1. The fourth-order valence-corrected chi connectivity index (χ4v) is 1.32. The van der Waals surface area contributed by atoms with E-state index in [0.717, 1.165) is 6.07 Å². The summed E-state index contributed by atoms with van der Waals surface area (Å²) in [5, 5.41) is 10.8. The van der Waals surface area contributed by atoms with Gasteiger partial charge < -0.3 is 10.4 Å². The molecule has 0 unspecified atom stereocenters. The molecule has 1 amide bonds. The third kappa shape index (κ3) is 4.08. The monoisotopic (exact) mass is 261 g/mol. The summed E-state index contributed by atoms with van der Waals surface area (Å²) in [4.78, 5) is 21.8. The highest BCUT2D eigenvalue weighted by Crippen LogP contribution is 2.21. The fraction of sp³-hybridized carbons (Fsp3) is 0.273. The van der Waals surface area contributed by atoms with Crippen molar-refractivity contribution in [1.29, 1.82) is 0 Å². The third-order valence-corrected chi connectivity index (χ3v) is 2.11. The molecular weight excluding hydrogens is 251 g/mol. The van der Waals surface area contributed by atoms with Crippen molar-refractivity contribution in [2.45, 2.75) is 19.5 Å². The highest BCUT2D eigenvalue weighted by atomic mass is 19.4. The Kier molecular flexibility index (Phi) is 3.95. The first kappa shape index (κ1) is 14.0. The lowest BCUT2D eigenvalue weighted by Crippen LogP contribution is -2.21. The number of aryl methyl sites for hydroxylation is 1. The zero-order valence-corrected chi connectivity index (χ0v) is 9.34. The standard InChI is InChI=1S/C11H10F3NO3/c1-6-2-3-7(4-8(6)10(17)18)15-9(16)5-11(12,13)14/h2-4H,5H2,1H3,(H,15,16)(H,17,18). The average Bonchev–Trinajstić information content (AvgIpc) is 2.17. The molecule has 0 aromatic heterocycles. The van der Waals surface area contributed by atoms with Gasteiger partial charge in [0.25, 0.3) is 0 Å². The van der Waals surface area contributed by atoms with E-state index in [1.807, 2.05) is 5.32 Å². The SMILES string of the molecule is Cc1ccc(NC(=O)CC(F)(F)F)cc1C(=O)O. The number of amides is 1. The maximum absolute atomic E-state index is 11.9. The number of carboxylic acids is 1. The van der Waals surface area contributed by atoms with Crippen LogP contribution in [0.4, 0.5) is 18.9 Å². The van der Waals surface area contributed by atoms with Crippen LogP contribution in [0, 0.1) is 6.92 Å². The van der Waals surface area contributed by atoms with Gasteiger partial charge in [0, 0.05) is 5.69 Å². The molecule has 0 spiro atoms. The molecule has 0 aliphatic heterocycles. The van der Waals surface area contributed by atoms with Gasteiger partial charge in [0.2, 0.25) is 5.91 Å². The van der Waals surface area contributed by atoms with E-state index in [2.05, 4.69) is 0 Å². The van der Waals surface area contributed by atoms with E-state index in [9.17, 15) is 22.8 Å². The molecule has 0 saturated heterocycles. The van der Waals surface area contributed by atoms with Crippen molar-refractivity contribution in [2.24, 2.45) is 0 Å². The molecule has 0 atom stereocenters. The number of rotatable bonds is 3. The summed E-state index contributed by atoms with van der Waals surface area (Å²) >= 11 is 0. The summed E-state index contributed by atoms with van der Waals surface area (Å²) in [7, 11) is 0. The number of hydrogen-bond acceptors (Lipinski definition) is 2. The van der Waals surface area contributed by atoms with Crippen LogP contribution in [0.25, 0.3) is 0 Å². The number of benzene rings is 1. The summed E-state index contributed by atoms with van der Waals surface area (Å²) in [6.07, 6.45) is -6.20. The van der Waals surface area contributed by atoms with Crippen LogP contribution in [-0.2, 0) is 4.79 Å². The molecule has 1 rings (SSSR count). The van der Waals surface area contributed by atoms with Crippen LogP contribution < -0.4 is 5.32 Å². The first-order chi connectivity index (χ1) is 8.19. The Morgan fingerprint density at radius 1 is 1.33 bits per heavy atom. The lowest BCUT2D eigenvalue weighted by Gasteiger charge is -2.09. The largest absolute Gasteiger partial charge is 0.478 e. The molecule has 0 saturated carbocycles. The van der Waals surface area contributed by atoms with Crippen molar-refractivity contribution >= 4 is 17.6 Å². The fourth-order valence-electron chi connectivity index (χ4n) is 1.32. The van der Waals surface area contributed by atoms with Crippen LogP contribution in [0.3, 0.4) is 0 Å². The van der Waals surface area contributed by atoms with Crippen molar-refractivity contribution < 1.29 is 27.9 Å². The molecule has 4 nitrogen and oxygen atoms in total. The van der Waals surface area contributed by atoms with Gasteiger partial charge in [0.15, 0.2) is 0 Å². The second-order valence-corrected chi connectivity index (χ2v) is 3.67. The molecule has 0 aliphatic rings. The van der Waals surface area contributed by atoms with E-state index in [-0.39, 0.29) is 11.3 Å². The summed E-state index contributed by atoms with van der Waals surface area (Å²) in [6.45, 7) is 1.55. The second-order valence-electron chi connectivity index (χ2n) is 3.67. The molecule has 2 N–H and O–H groups in total. The Balaban J connectivity index is 2.83. The van der Waals surface area contributed by atoms with Gasteiger partial charge in [-0.15, -0.1) is 0 Å². The van der Waals surface area contributed by atoms with Crippen molar-refractivity contribution in [1.82, 2.24) is 0 Å². The van der Waals surface area contributed by atoms with Gasteiger partial charge in [-0.1, -0.05) is 6.07 Å². The highest BCUT2D eigenvalue weighted by molar-refractivity contribution is 5.94. The molecule has 1 aromatic carbocycles. The molecule has 0 bridgehead atoms. The van der Waals surface area contributed by atoms with Gasteiger partial charge in [-0.3, -0.25) is 4.79 Å². The molecule has 18 heavy (non-hydrogen) atoms. The van der Waals surface area contributed by atoms with Crippen LogP contribution in [0.5, 0.6) is 0 Å². The molecule has 7 heteroatoms. The Hall–Kier alpha value is -2.05. The first-order valence-electron chi connectivity index (χ1n) is 4.89. The highest BCUT2D eigenvalue weighted by Gasteiger charge is 2.31. The van der Waals surface area contributed by atoms with Gasteiger partial charge in [0.05, 0.1) is 5.56 Å². The molecule has 0 aliphatic carbocycles. The predicted molar refractivity (Wildman–Crippen MR) is 57.4 cm³/mol. The Morgan fingerprint density at radius 2 is 1.94 bits per heavy atom. The number of nitrogens with one attached hydrogen (secondary N) is 1. The van der Waals surface area contributed by atoms with Crippen LogP contribution in [0.1, 0.15) is 22.3 Å². The van der Waals surface area contributed by atoms with Gasteiger partial charge in [0.1, 0.15) is 6.42 Å². The van der Waals surface area contributed by atoms with E-state index >= 15 is 0 Å². The zero-order chi connectivity index (χ0) is 13.9. The molecular formula is C11H10F3NO3. The molecule has 0 fully saturated rings. The number of carbonyl (C=O) groups is 2. The number of alkyl halides is 3. The number of anilines is 1. The van der Waals surface area contributed by atoms with Crippen molar-refractivity contribution in [2.75, 3.05) is 5.32 Å². The van der Waals surface area contributed by atoms with Crippen molar-refractivity contribution in [3.8, 4) is 0 Å². The quantitative estimate of drug-likeness (QED) is 0.878. The number of halogens is 3. The van der Waals surface area contributed by atoms with E-state index in [0.29, 0.717) is 5.56 Å². The smallest absolute Gasteiger partial charge is 0.397 e. The van der Waals surface area contributed by atoms with Crippen molar-refractivity contribution in [3.05, 3.63) is 29.3 Å². The van der Waals surface area contributed by atoms with Crippen LogP contribution in [-0.4, -0.2) is 23.2 Å². The Labute approximate surface area is 100 Å². The summed E-state index contributed by atoms with van der Waals surface area (Å²) in [6, 6.07) is 3.87. The number of hydrogen-bond donors (Lipinski definition) is 2. The Morgan fingerprint density at radius 3 is 2.44 bits per heavy atom. The lowest BCUT2D eigenvalue weighted by molar-refractivity contribution is -0.150. The van der Waals surface area contributed by atoms with Gasteiger partial charge in [-0.2, -0.15) is 13.2 Å². The maximum atomic E-state index is 11.9. The normalized spacial score (nSPS) is 11.1. The average molecular weight is 261 g/mol. The minimum absolute atomic E-state index is 0.0206. The van der Waals surface area contributed by atoms with Crippen molar-refractivity contribution in [3.63, 3.8) is 0 Å². The van der Waals surface area contributed by atoms with Crippen LogP contribution in [0.15, 0.2) is 18.2 Å². The molecule has 0 heterocycles. The van der Waals surface area contributed by atoms with E-state index in [1.165, 1.54) is 12.1 Å². The molecule has 1 aromatic rings. The lowest BCUT2D eigenvalue weighted by atomic mass is 10.1. The number of aromatic carboxylic acids is 1.